The Morgan fingerprint density at radius 1 is 1.19 bits per heavy atom. The minimum absolute atomic E-state index is 0.669. The summed E-state index contributed by atoms with van der Waals surface area (Å²) >= 11 is 0. The van der Waals surface area contributed by atoms with E-state index in [1.54, 1.807) is 0 Å². The van der Waals surface area contributed by atoms with Crippen molar-refractivity contribution in [1.29, 1.82) is 0 Å². The van der Waals surface area contributed by atoms with Gasteiger partial charge in [0.15, 0.2) is 0 Å². The number of hydrogen-bond donors (Lipinski definition) is 1. The largest absolute Gasteiger partial charge is 0.310 e. The molecule has 0 amide bonds. The van der Waals surface area contributed by atoms with Crippen molar-refractivity contribution in [3.63, 3.8) is 0 Å². The molecule has 1 aliphatic carbocycles. The second-order valence-corrected chi connectivity index (χ2v) is 6.31. The van der Waals surface area contributed by atoms with E-state index in [4.69, 9.17) is 0 Å². The van der Waals surface area contributed by atoms with Crippen LogP contribution in [0.2, 0.25) is 0 Å². The number of pyridine rings is 1. The smallest absolute Gasteiger partial charge is 0.0346 e. The average molecular weight is 282 g/mol. The molecule has 0 saturated heterocycles. The van der Waals surface area contributed by atoms with Crippen LogP contribution in [0, 0.1) is 5.92 Å². The molecule has 0 aliphatic heterocycles. The first kappa shape index (κ1) is 14.5. The van der Waals surface area contributed by atoms with E-state index in [-0.39, 0.29) is 0 Å². The third kappa shape index (κ3) is 3.44. The summed E-state index contributed by atoms with van der Waals surface area (Å²) < 4.78 is 0. The van der Waals surface area contributed by atoms with Crippen LogP contribution in [-0.4, -0.2) is 11.0 Å². The van der Waals surface area contributed by atoms with E-state index in [2.05, 4.69) is 41.5 Å². The Balaban J connectivity index is 1.70. The molecule has 1 atom stereocenters. The quantitative estimate of drug-likeness (QED) is 0.861. The normalized spacial score (nSPS) is 18.0. The van der Waals surface area contributed by atoms with Crippen LogP contribution in [0.4, 0.5) is 0 Å². The maximum Gasteiger partial charge on any atom is 0.0346 e. The molecular formula is C19H26N2. The van der Waals surface area contributed by atoms with E-state index in [1.807, 2.05) is 12.4 Å². The molecule has 0 spiro atoms. The maximum atomic E-state index is 4.22. The number of nitrogens with one attached hydrogen (secondary N) is 1. The Labute approximate surface area is 128 Å². The fourth-order valence-electron chi connectivity index (χ4n) is 3.77. The van der Waals surface area contributed by atoms with Gasteiger partial charge >= 0.3 is 0 Å². The Hall–Kier alpha value is -1.41. The fourth-order valence-corrected chi connectivity index (χ4v) is 3.77. The van der Waals surface area contributed by atoms with Gasteiger partial charge in [0.25, 0.3) is 0 Å². The highest BCUT2D eigenvalue weighted by Crippen LogP contribution is 2.28. The molecule has 0 radical (unpaired) electrons. The highest BCUT2D eigenvalue weighted by atomic mass is 14.9. The SMILES string of the molecule is CCC(NCc1cccc2cnccc12)C1CCCCC1. The highest BCUT2D eigenvalue weighted by molar-refractivity contribution is 5.84. The minimum Gasteiger partial charge on any atom is -0.310 e. The lowest BCUT2D eigenvalue weighted by atomic mass is 9.83. The minimum atomic E-state index is 0.669. The van der Waals surface area contributed by atoms with Crippen LogP contribution in [0.15, 0.2) is 36.7 Å². The topological polar surface area (TPSA) is 24.9 Å². The van der Waals surface area contributed by atoms with Crippen molar-refractivity contribution in [3.05, 3.63) is 42.2 Å². The molecule has 112 valence electrons. The van der Waals surface area contributed by atoms with Crippen molar-refractivity contribution in [1.82, 2.24) is 10.3 Å². The van der Waals surface area contributed by atoms with E-state index < -0.39 is 0 Å². The third-order valence-electron chi connectivity index (χ3n) is 4.98. The van der Waals surface area contributed by atoms with Crippen molar-refractivity contribution in [2.24, 2.45) is 5.92 Å². The Morgan fingerprint density at radius 3 is 2.86 bits per heavy atom. The van der Waals surface area contributed by atoms with Gasteiger partial charge in [-0.05, 0) is 42.2 Å². The summed E-state index contributed by atoms with van der Waals surface area (Å²) in [5, 5.41) is 6.40. The first-order valence-electron chi connectivity index (χ1n) is 8.43. The van der Waals surface area contributed by atoms with Crippen LogP contribution >= 0.6 is 0 Å². The molecule has 1 aliphatic rings. The van der Waals surface area contributed by atoms with Gasteiger partial charge in [0.05, 0.1) is 0 Å². The van der Waals surface area contributed by atoms with Gasteiger partial charge in [-0.2, -0.15) is 0 Å². The Kier molecular flexibility index (Phi) is 4.87. The van der Waals surface area contributed by atoms with E-state index in [9.17, 15) is 0 Å². The van der Waals surface area contributed by atoms with Crippen molar-refractivity contribution >= 4 is 10.8 Å². The fraction of sp³-hybridized carbons (Fsp3) is 0.526. The van der Waals surface area contributed by atoms with Crippen molar-refractivity contribution < 1.29 is 0 Å². The lowest BCUT2D eigenvalue weighted by molar-refractivity contribution is 0.262. The summed E-state index contributed by atoms with van der Waals surface area (Å²) in [4.78, 5) is 4.22. The van der Waals surface area contributed by atoms with E-state index in [0.717, 1.165) is 12.5 Å². The Morgan fingerprint density at radius 2 is 2.05 bits per heavy atom. The van der Waals surface area contributed by atoms with Gasteiger partial charge in [-0.15, -0.1) is 0 Å². The van der Waals surface area contributed by atoms with E-state index in [1.165, 1.54) is 54.9 Å². The molecule has 2 nitrogen and oxygen atoms in total. The molecule has 2 aromatic rings. The number of hydrogen-bond acceptors (Lipinski definition) is 2. The maximum absolute atomic E-state index is 4.22. The second-order valence-electron chi connectivity index (χ2n) is 6.31. The van der Waals surface area contributed by atoms with Gasteiger partial charge in [0, 0.05) is 30.4 Å². The van der Waals surface area contributed by atoms with Gasteiger partial charge in [-0.3, -0.25) is 4.98 Å². The van der Waals surface area contributed by atoms with Crippen LogP contribution in [0.1, 0.15) is 51.0 Å². The lowest BCUT2D eigenvalue weighted by Crippen LogP contribution is -2.36. The predicted molar refractivity (Wildman–Crippen MR) is 89.2 cm³/mol. The molecule has 1 N–H and O–H groups in total. The third-order valence-corrected chi connectivity index (χ3v) is 4.98. The van der Waals surface area contributed by atoms with Gasteiger partial charge in [0.2, 0.25) is 0 Å². The van der Waals surface area contributed by atoms with Crippen molar-refractivity contribution in [2.45, 2.75) is 58.0 Å². The number of benzene rings is 1. The zero-order valence-electron chi connectivity index (χ0n) is 13.0. The lowest BCUT2D eigenvalue weighted by Gasteiger charge is -2.30. The van der Waals surface area contributed by atoms with Gasteiger partial charge in [-0.1, -0.05) is 44.4 Å². The summed E-state index contributed by atoms with van der Waals surface area (Å²) in [6.07, 6.45) is 12.2. The predicted octanol–water partition coefficient (Wildman–Crippen LogP) is 4.68. The van der Waals surface area contributed by atoms with Crippen molar-refractivity contribution in [3.8, 4) is 0 Å². The molecule has 1 heterocycles. The summed E-state index contributed by atoms with van der Waals surface area (Å²) in [7, 11) is 0. The van der Waals surface area contributed by atoms with Gasteiger partial charge < -0.3 is 5.32 Å². The molecule has 1 saturated carbocycles. The Bertz CT molecular complexity index is 567. The van der Waals surface area contributed by atoms with E-state index >= 15 is 0 Å². The van der Waals surface area contributed by atoms with Crippen LogP contribution < -0.4 is 5.32 Å². The zero-order valence-corrected chi connectivity index (χ0v) is 13.0. The summed E-state index contributed by atoms with van der Waals surface area (Å²) in [5.41, 5.74) is 1.39. The highest BCUT2D eigenvalue weighted by Gasteiger charge is 2.21. The molecule has 1 aromatic heterocycles. The molecule has 1 fully saturated rings. The van der Waals surface area contributed by atoms with E-state index in [0.29, 0.717) is 6.04 Å². The first-order chi connectivity index (χ1) is 10.4. The average Bonchev–Trinajstić information content (AvgIpc) is 2.56. The molecule has 21 heavy (non-hydrogen) atoms. The summed E-state index contributed by atoms with van der Waals surface area (Å²) in [6.45, 7) is 3.29. The van der Waals surface area contributed by atoms with Crippen molar-refractivity contribution in [2.75, 3.05) is 0 Å². The van der Waals surface area contributed by atoms with Gasteiger partial charge in [0.1, 0.15) is 0 Å². The molecule has 3 rings (SSSR count). The van der Waals surface area contributed by atoms with Crippen LogP contribution in [0.3, 0.4) is 0 Å². The first-order valence-corrected chi connectivity index (χ1v) is 8.43. The van der Waals surface area contributed by atoms with Crippen LogP contribution in [0.5, 0.6) is 0 Å². The monoisotopic (exact) mass is 282 g/mol. The number of nitrogens with zero attached hydrogens (tertiary/aromatic N) is 1. The zero-order chi connectivity index (χ0) is 14.5. The number of aromatic nitrogens is 1. The molecule has 2 heteroatoms. The second kappa shape index (κ2) is 7.04. The molecular weight excluding hydrogens is 256 g/mol. The number of fused-ring (bicyclic) bond motifs is 1. The molecule has 1 aromatic carbocycles. The van der Waals surface area contributed by atoms with Gasteiger partial charge in [-0.25, -0.2) is 0 Å². The molecule has 0 bridgehead atoms. The molecule has 1 unspecified atom stereocenters. The van der Waals surface area contributed by atoms with Crippen LogP contribution in [0.25, 0.3) is 10.8 Å². The summed E-state index contributed by atoms with van der Waals surface area (Å²) in [5.74, 6) is 0.875. The number of rotatable bonds is 5. The van der Waals surface area contributed by atoms with Crippen LogP contribution in [-0.2, 0) is 6.54 Å². The standard InChI is InChI=1S/C19H26N2/c1-2-19(15-7-4-3-5-8-15)21-14-17-10-6-9-16-13-20-12-11-18(16)17/h6,9-13,15,19,21H,2-5,7-8,14H2,1H3. The summed E-state index contributed by atoms with van der Waals surface area (Å²) in [6, 6.07) is 9.33.